The molecule has 39 heteroatoms. The second-order valence-electron chi connectivity index (χ2n) is 40.8. The number of aliphatic hydroxyl groups is 1. The van der Waals surface area contributed by atoms with E-state index in [1.807, 2.05) is 5.57 Å². The average Bonchev–Trinajstić information content (AvgIpc) is 1.70. The van der Waals surface area contributed by atoms with E-state index in [1.165, 1.54) is 84.0 Å². The fourth-order valence-electron chi connectivity index (χ4n) is 21.0. The Kier molecular flexibility index (Phi) is 41.5. The molecule has 2 aromatic carbocycles. The van der Waals surface area contributed by atoms with Gasteiger partial charge in [0.2, 0.25) is 82.7 Å². The van der Waals surface area contributed by atoms with Crippen molar-refractivity contribution in [2.24, 2.45) is 75.7 Å². The molecule has 6 unspecified atom stereocenters. The molecule has 21 N–H and O–H groups in total. The minimum atomic E-state index is -1.83. The molecule has 766 valence electrons. The number of fused-ring (bicyclic) bond motifs is 7. The molecule has 2 aliphatic heterocycles. The Morgan fingerprint density at radius 1 is 0.604 bits per heavy atom. The lowest BCUT2D eigenvalue weighted by Gasteiger charge is -2.58. The fourth-order valence-corrected chi connectivity index (χ4v) is 23.3. The predicted octanol–water partition coefficient (Wildman–Crippen LogP) is 4.86. The Morgan fingerprint density at radius 3 is 1.73 bits per heavy atom. The van der Waals surface area contributed by atoms with E-state index < -0.39 is 216 Å². The van der Waals surface area contributed by atoms with E-state index in [4.69, 9.17) is 5.73 Å². The van der Waals surface area contributed by atoms with Crippen molar-refractivity contribution < 1.29 is 92.0 Å². The van der Waals surface area contributed by atoms with Crippen molar-refractivity contribution in [1.82, 2.24) is 89.7 Å². The van der Waals surface area contributed by atoms with Crippen LogP contribution in [0.15, 0.2) is 84.5 Å². The van der Waals surface area contributed by atoms with Gasteiger partial charge >= 0.3 is 5.97 Å². The molecule has 4 fully saturated rings. The number of hydrogen-bond donors (Lipinski definition) is 20. The van der Waals surface area contributed by atoms with Crippen LogP contribution in [0.2, 0.25) is 0 Å². The summed E-state index contributed by atoms with van der Waals surface area (Å²) in [7, 11) is 1.53. The lowest BCUT2D eigenvalue weighted by Crippen LogP contribution is -2.61. The molecule has 10 rings (SSSR count). The maximum atomic E-state index is 15.1. The van der Waals surface area contributed by atoms with Crippen LogP contribution >= 0.6 is 21.6 Å². The number of nitrogens with two attached hydrogens (primary N) is 1. The van der Waals surface area contributed by atoms with E-state index >= 15 is 4.79 Å². The van der Waals surface area contributed by atoms with Crippen molar-refractivity contribution in [2.75, 3.05) is 24.7 Å². The van der Waals surface area contributed by atoms with Crippen molar-refractivity contribution in [1.29, 1.82) is 0 Å². The minimum Gasteiger partial charge on any atom is -0.550 e. The molecule has 6 aliphatic rings. The van der Waals surface area contributed by atoms with Crippen LogP contribution in [0.25, 0.3) is 21.8 Å². The standard InChI is InChI=1S/C71H100N18O19S2.C29H50/c1-33(2)20-47-62(99)76-29-55(92)80-46(18-19-56(93)94)63(100)83-48(21-34(3)4)68(105)88-58(35(5)6)71(108)85-50(23-40-27-75-45-17-13-11-15-43(40)45)65(102)87-54(70(107)89-59(37(8)90)60(72)97)31-110-109-30-53(86-67(104)52(25-57(95)96)79-38(9)91)69(106)78-36(7)61(98)81-49(22-39-26-74-44-16-12-10-14-42(39)44)64(101)84-51(66(103)82-47)24-41-28-73-32-77-41;1-7-22-15-17-28(5)23(19-22)11-12-24-26-14-13-25(21(4)10-8-9-20(2)3)29(26,6)18-16-27(24)28/h10-17,26-28,33-37,46-54,58-59,73-75,77,90H,18-25,29-32H2,1-9H3,(H2,72,97)(H,76,99)(H,78,106)(H,79,91)(H,80,92)(H,81,98)(H,82,103)(H,83,100)(H,84,101)(H,85,108)(H,86,104)(H,87,102)(H,88,105)(H,89,107)(H,93,94)(H,95,96);11,20-22,24-27H,7-10,12-19H2,1-6H3/p-1/t36-,37?,46-,47-,48-,49-,50-,51-,52-,53-,54-,58-,59-;21-,22+,24+,25?,26?,27?,28?,29?/m01/s1. The first kappa shape index (κ1) is 111. The zero-order valence-electron chi connectivity index (χ0n) is 82.9. The highest BCUT2D eigenvalue weighted by Crippen LogP contribution is 2.68. The Hall–Kier alpha value is -11.2. The first-order valence-electron chi connectivity index (χ1n) is 49.2. The molecule has 4 heterocycles. The quantitative estimate of drug-likeness (QED) is 0.0255. The maximum absolute atomic E-state index is 15.1. The number of H-pyrrole nitrogens is 2. The summed E-state index contributed by atoms with van der Waals surface area (Å²) >= 11 is 0. The number of hydrogen-bond acceptors (Lipinski definition) is 22. The Balaban J connectivity index is 0.000000626. The third-order valence-corrected chi connectivity index (χ3v) is 31.0. The number of primary amides is 1. The van der Waals surface area contributed by atoms with Crippen LogP contribution in [0.4, 0.5) is 0 Å². The monoisotopic (exact) mass is 1970 g/mol. The number of para-hydroxylation sites is 2. The van der Waals surface area contributed by atoms with Crippen molar-refractivity contribution in [3.63, 3.8) is 0 Å². The highest BCUT2D eigenvalue weighted by molar-refractivity contribution is 8.76. The lowest BCUT2D eigenvalue weighted by molar-refractivity contribution is -0.306. The average molecular weight is 1970 g/mol. The van der Waals surface area contributed by atoms with Gasteiger partial charge in [-0.2, -0.15) is 0 Å². The van der Waals surface area contributed by atoms with E-state index in [1.54, 1.807) is 109 Å². The second-order valence-corrected chi connectivity index (χ2v) is 43.4. The lowest BCUT2D eigenvalue weighted by atomic mass is 9.46. The van der Waals surface area contributed by atoms with Crippen LogP contribution in [0.3, 0.4) is 0 Å². The SMILES string of the molecule is CC(=O)N[C@@H](CC(=O)[O-])C(=O)N[C@H]1CSSC[C@@H](C(=O)N[C@H](C(N)=O)C(C)O)NC(=O)[C@H](Cc2c[nH]c3ccccc23)NC(=O)[C@H](C(C)C)NC(=O)[C@H](CC(C)C)NC(=O)[C@H](CCC(=O)O)NC(=O)CNC(=O)[C@H](CC(C)C)NC(=O)[C@H](CC2=CNCN2)NC(=O)[C@H](Cc2c[nH]c3ccccc23)NC(=O)[C@H](C)NC1=O.CC[C@H]1CCC2(C)C(=CC[C@@H]3C2CCC2(C)C3CCC2[C@H](C)CCCC(C)C)C1. The largest absolute Gasteiger partial charge is 0.550 e. The number of carboxylic acids is 2. The van der Waals surface area contributed by atoms with Crippen molar-refractivity contribution in [3.05, 3.63) is 95.6 Å². The number of allylic oxidation sites excluding steroid dienone is 2. The number of benzene rings is 2. The maximum Gasteiger partial charge on any atom is 0.303 e. The zero-order chi connectivity index (χ0) is 102. The van der Waals surface area contributed by atoms with Crippen LogP contribution in [0, 0.1) is 70.0 Å². The molecule has 139 heavy (non-hydrogen) atoms. The Labute approximate surface area is 822 Å². The normalized spacial score (nSPS) is 28.0. The van der Waals surface area contributed by atoms with Gasteiger partial charge in [-0.3, -0.25) is 71.9 Å². The number of amides is 14. The number of aliphatic carboxylic acids is 2. The summed E-state index contributed by atoms with van der Waals surface area (Å²) in [6.07, 6.45) is 20.3. The highest BCUT2D eigenvalue weighted by Gasteiger charge is 2.59. The zero-order valence-corrected chi connectivity index (χ0v) is 84.5. The Morgan fingerprint density at radius 2 is 1.17 bits per heavy atom. The molecule has 2 aromatic heterocycles. The van der Waals surface area contributed by atoms with Crippen LogP contribution < -0.4 is 90.6 Å². The molecule has 4 aliphatic carbocycles. The minimum absolute atomic E-state index is 0.0447. The number of aromatic amines is 2. The fraction of sp³-hybridized carbons (Fsp3) is 0.640. The van der Waals surface area contributed by atoms with Gasteiger partial charge in [-0.1, -0.05) is 178 Å². The molecule has 3 saturated carbocycles. The molecule has 0 radical (unpaired) electrons. The van der Waals surface area contributed by atoms with E-state index in [2.05, 4.69) is 137 Å². The first-order chi connectivity index (χ1) is 65.8. The number of aliphatic hydroxyl groups excluding tert-OH is 1. The van der Waals surface area contributed by atoms with Gasteiger partial charge in [0.1, 0.15) is 72.5 Å². The van der Waals surface area contributed by atoms with Gasteiger partial charge in [0.15, 0.2) is 0 Å². The molecular weight excluding hydrogens is 1820 g/mol. The third kappa shape index (κ3) is 31.4. The number of nitrogens with one attached hydrogen (secondary N) is 17. The molecule has 37 nitrogen and oxygen atoms in total. The van der Waals surface area contributed by atoms with Crippen LogP contribution in [0.1, 0.15) is 231 Å². The predicted molar refractivity (Wildman–Crippen MR) is 528 cm³/mol. The summed E-state index contributed by atoms with van der Waals surface area (Å²) < 4.78 is 0. The molecule has 0 spiro atoms. The number of rotatable bonds is 29. The van der Waals surface area contributed by atoms with E-state index in [9.17, 15) is 87.2 Å². The van der Waals surface area contributed by atoms with Crippen LogP contribution in [-0.4, -0.2) is 218 Å². The smallest absolute Gasteiger partial charge is 0.303 e. The third-order valence-electron chi connectivity index (χ3n) is 28.6. The summed E-state index contributed by atoms with van der Waals surface area (Å²) in [4.78, 5) is 230. The summed E-state index contributed by atoms with van der Waals surface area (Å²) in [6.45, 7) is 28.0. The summed E-state index contributed by atoms with van der Waals surface area (Å²) in [6, 6.07) is -5.58. The van der Waals surface area contributed by atoms with Gasteiger partial charge in [-0.15, -0.1) is 0 Å². The van der Waals surface area contributed by atoms with E-state index in [0.29, 0.717) is 49.5 Å². The van der Waals surface area contributed by atoms with E-state index in [-0.39, 0.29) is 50.6 Å². The van der Waals surface area contributed by atoms with E-state index in [0.717, 1.165) is 76.9 Å². The molecular formula is C100H149N18O19S2-. The van der Waals surface area contributed by atoms with Crippen molar-refractivity contribution >= 4 is 138 Å². The van der Waals surface area contributed by atoms with Gasteiger partial charge < -0.3 is 116 Å². The topological polar surface area (TPSA) is 575 Å². The van der Waals surface area contributed by atoms with Gasteiger partial charge in [0, 0.05) is 103 Å². The number of carbonyl (C=O) groups is 16. The number of aromatic nitrogens is 2. The number of carbonyl (C=O) groups excluding carboxylic acids is 15. The molecule has 1 saturated heterocycles. The van der Waals surface area contributed by atoms with Crippen LogP contribution in [0.5, 0.6) is 0 Å². The molecule has 14 amide bonds. The van der Waals surface area contributed by atoms with Gasteiger partial charge in [0.05, 0.1) is 19.3 Å². The summed E-state index contributed by atoms with van der Waals surface area (Å²) in [5.41, 5.74) is 11.3. The van der Waals surface area contributed by atoms with Crippen LogP contribution in [-0.2, 0) is 89.6 Å². The second kappa shape index (κ2) is 51.8. The highest BCUT2D eigenvalue weighted by atomic mass is 33.1. The van der Waals surface area contributed by atoms with Gasteiger partial charge in [-0.25, -0.2) is 0 Å². The molecule has 21 atom stereocenters. The van der Waals surface area contributed by atoms with Gasteiger partial charge in [-0.05, 0) is 178 Å². The summed E-state index contributed by atoms with van der Waals surface area (Å²) in [5, 5.41) is 72.3. The summed E-state index contributed by atoms with van der Waals surface area (Å²) in [5.74, 6) is -13.1. The van der Waals surface area contributed by atoms with Crippen molar-refractivity contribution in [2.45, 2.75) is 311 Å². The Bertz CT molecular complexity index is 5060. The molecule has 0 bridgehead atoms. The van der Waals surface area contributed by atoms with Crippen molar-refractivity contribution in [3.8, 4) is 0 Å². The first-order valence-corrected chi connectivity index (χ1v) is 51.7. The number of carboxylic acid groups (broad SMARTS) is 2. The molecule has 4 aromatic rings. The van der Waals surface area contributed by atoms with Gasteiger partial charge in [0.25, 0.3) is 0 Å².